The second kappa shape index (κ2) is 9.10. The Morgan fingerprint density at radius 3 is 2.65 bits per heavy atom. The van der Waals surface area contributed by atoms with Crippen LogP contribution in [0.4, 0.5) is 5.69 Å². The SMILES string of the molecule is COCCn1c(C)cc(C2C(c3ccccn3)NC(=S)N2c2ccc(Br)c(C)c2)c1C. The lowest BCUT2D eigenvalue weighted by Crippen LogP contribution is -2.29. The first-order valence-electron chi connectivity index (χ1n) is 10.3. The summed E-state index contributed by atoms with van der Waals surface area (Å²) in [5.74, 6) is 0. The molecule has 2 atom stereocenters. The molecule has 7 heteroatoms. The Balaban J connectivity index is 1.85. The highest BCUT2D eigenvalue weighted by Crippen LogP contribution is 2.43. The van der Waals surface area contributed by atoms with Gasteiger partial charge in [-0.05, 0) is 80.5 Å². The molecule has 162 valence electrons. The van der Waals surface area contributed by atoms with E-state index in [0.29, 0.717) is 11.7 Å². The minimum atomic E-state index is -0.0472. The van der Waals surface area contributed by atoms with Crippen molar-refractivity contribution in [2.75, 3.05) is 18.6 Å². The standard InChI is InChI=1S/C24H27BrN4OS/c1-15-13-18(8-9-20(15)25)29-23(19-14-16(2)28(17(19)3)11-12-30-4)22(27-24(29)31)21-7-5-6-10-26-21/h5-10,13-14,22-23H,11-12H2,1-4H3,(H,27,31). The van der Waals surface area contributed by atoms with Gasteiger partial charge in [-0.15, -0.1) is 0 Å². The molecule has 0 spiro atoms. The second-order valence-electron chi connectivity index (χ2n) is 7.90. The highest BCUT2D eigenvalue weighted by atomic mass is 79.9. The molecule has 2 aromatic heterocycles. The van der Waals surface area contributed by atoms with Gasteiger partial charge < -0.3 is 19.5 Å². The van der Waals surface area contributed by atoms with Gasteiger partial charge in [0.1, 0.15) is 0 Å². The third-order valence-corrected chi connectivity index (χ3v) is 7.17. The molecule has 3 aromatic rings. The molecule has 1 fully saturated rings. The Hall–Kier alpha value is -2.22. The van der Waals surface area contributed by atoms with E-state index in [9.17, 15) is 0 Å². The number of pyridine rings is 1. The normalized spacial score (nSPS) is 18.5. The molecule has 3 heterocycles. The molecule has 4 rings (SSSR count). The molecule has 2 unspecified atom stereocenters. The maximum atomic E-state index is 5.85. The van der Waals surface area contributed by atoms with Crippen molar-refractivity contribution in [3.63, 3.8) is 0 Å². The van der Waals surface area contributed by atoms with Gasteiger partial charge in [-0.2, -0.15) is 0 Å². The number of hydrogen-bond donors (Lipinski definition) is 1. The number of rotatable bonds is 6. The molecular weight excluding hydrogens is 472 g/mol. The van der Waals surface area contributed by atoms with E-state index in [1.54, 1.807) is 7.11 Å². The fraction of sp³-hybridized carbons (Fsp3) is 0.333. The van der Waals surface area contributed by atoms with E-state index in [1.807, 2.05) is 18.3 Å². The number of aryl methyl sites for hydroxylation is 2. The number of anilines is 1. The summed E-state index contributed by atoms with van der Waals surface area (Å²) in [5.41, 5.74) is 6.92. The van der Waals surface area contributed by atoms with Crippen molar-refractivity contribution in [2.45, 2.75) is 39.4 Å². The molecule has 31 heavy (non-hydrogen) atoms. The topological polar surface area (TPSA) is 42.3 Å². The monoisotopic (exact) mass is 498 g/mol. The van der Waals surface area contributed by atoms with E-state index in [0.717, 1.165) is 22.4 Å². The summed E-state index contributed by atoms with van der Waals surface area (Å²) in [4.78, 5) is 6.89. The second-order valence-corrected chi connectivity index (χ2v) is 9.14. The van der Waals surface area contributed by atoms with Crippen LogP contribution in [0.2, 0.25) is 0 Å². The smallest absolute Gasteiger partial charge is 0.174 e. The van der Waals surface area contributed by atoms with Crippen molar-refractivity contribution >= 4 is 38.9 Å². The van der Waals surface area contributed by atoms with Gasteiger partial charge in [0.05, 0.1) is 24.4 Å². The fourth-order valence-corrected chi connectivity index (χ4v) is 4.97. The van der Waals surface area contributed by atoms with Gasteiger partial charge in [0, 0.05) is 41.4 Å². The number of halogens is 1. The van der Waals surface area contributed by atoms with E-state index in [4.69, 9.17) is 17.0 Å². The molecule has 0 bridgehead atoms. The maximum absolute atomic E-state index is 5.85. The zero-order chi connectivity index (χ0) is 22.1. The Kier molecular flexibility index (Phi) is 6.46. The van der Waals surface area contributed by atoms with Crippen LogP contribution in [-0.4, -0.2) is 28.4 Å². The first-order valence-corrected chi connectivity index (χ1v) is 11.5. The summed E-state index contributed by atoms with van der Waals surface area (Å²) in [5, 5.41) is 4.26. The van der Waals surface area contributed by atoms with Crippen molar-refractivity contribution in [3.8, 4) is 0 Å². The number of benzene rings is 1. The van der Waals surface area contributed by atoms with Crippen LogP contribution in [-0.2, 0) is 11.3 Å². The van der Waals surface area contributed by atoms with Gasteiger partial charge in [0.2, 0.25) is 0 Å². The Morgan fingerprint density at radius 2 is 1.97 bits per heavy atom. The largest absolute Gasteiger partial charge is 0.383 e. The molecule has 1 aliphatic heterocycles. The first-order chi connectivity index (χ1) is 14.9. The van der Waals surface area contributed by atoms with Crippen molar-refractivity contribution in [1.29, 1.82) is 0 Å². The Bertz CT molecular complexity index is 1100. The molecule has 1 saturated heterocycles. The molecule has 5 nitrogen and oxygen atoms in total. The van der Waals surface area contributed by atoms with Gasteiger partial charge in [0.15, 0.2) is 5.11 Å². The molecule has 1 aromatic carbocycles. The number of nitrogens with one attached hydrogen (secondary N) is 1. The lowest BCUT2D eigenvalue weighted by Gasteiger charge is -2.28. The zero-order valence-corrected chi connectivity index (χ0v) is 20.6. The minimum Gasteiger partial charge on any atom is -0.383 e. The van der Waals surface area contributed by atoms with Crippen molar-refractivity contribution in [3.05, 3.63) is 81.3 Å². The minimum absolute atomic E-state index is 0.00882. The number of ether oxygens (including phenoxy) is 1. The van der Waals surface area contributed by atoms with Crippen molar-refractivity contribution in [2.24, 2.45) is 0 Å². The van der Waals surface area contributed by atoms with Crippen LogP contribution in [0.5, 0.6) is 0 Å². The fourth-order valence-electron chi connectivity index (χ4n) is 4.38. The van der Waals surface area contributed by atoms with Gasteiger partial charge in [-0.3, -0.25) is 4.98 Å². The number of hydrogen-bond acceptors (Lipinski definition) is 3. The van der Waals surface area contributed by atoms with Crippen LogP contribution in [0.15, 0.2) is 53.1 Å². The zero-order valence-electron chi connectivity index (χ0n) is 18.2. The molecular formula is C24H27BrN4OS. The van der Waals surface area contributed by atoms with E-state index in [2.05, 4.69) is 86.8 Å². The molecule has 1 aliphatic rings. The van der Waals surface area contributed by atoms with Crippen molar-refractivity contribution < 1.29 is 4.74 Å². The number of nitrogens with zero attached hydrogens (tertiary/aromatic N) is 3. The van der Waals surface area contributed by atoms with Crippen LogP contribution in [0, 0.1) is 20.8 Å². The summed E-state index contributed by atoms with van der Waals surface area (Å²) >= 11 is 9.47. The maximum Gasteiger partial charge on any atom is 0.174 e. The van der Waals surface area contributed by atoms with Crippen molar-refractivity contribution in [1.82, 2.24) is 14.9 Å². The average Bonchev–Trinajstić information content (AvgIpc) is 3.25. The van der Waals surface area contributed by atoms with Gasteiger partial charge in [0.25, 0.3) is 0 Å². The number of thiocarbonyl (C=S) groups is 1. The lowest BCUT2D eigenvalue weighted by molar-refractivity contribution is 0.186. The van der Waals surface area contributed by atoms with Crippen LogP contribution < -0.4 is 10.2 Å². The van der Waals surface area contributed by atoms with Crippen LogP contribution in [0.3, 0.4) is 0 Å². The molecule has 0 radical (unpaired) electrons. The molecule has 1 N–H and O–H groups in total. The summed E-state index contributed by atoms with van der Waals surface area (Å²) < 4.78 is 8.74. The third kappa shape index (κ3) is 4.14. The Labute approximate surface area is 197 Å². The predicted molar refractivity (Wildman–Crippen MR) is 133 cm³/mol. The average molecular weight is 499 g/mol. The number of aromatic nitrogens is 2. The van der Waals surface area contributed by atoms with Gasteiger partial charge in [-0.25, -0.2) is 0 Å². The quantitative estimate of drug-likeness (QED) is 0.461. The lowest BCUT2D eigenvalue weighted by atomic mass is 9.96. The summed E-state index contributed by atoms with van der Waals surface area (Å²) in [6.45, 7) is 7.93. The summed E-state index contributed by atoms with van der Waals surface area (Å²) in [7, 11) is 1.74. The highest BCUT2D eigenvalue weighted by Gasteiger charge is 2.42. The van der Waals surface area contributed by atoms with E-state index in [-0.39, 0.29) is 12.1 Å². The van der Waals surface area contributed by atoms with Crippen LogP contribution >= 0.6 is 28.1 Å². The molecule has 0 amide bonds. The van der Waals surface area contributed by atoms with E-state index >= 15 is 0 Å². The van der Waals surface area contributed by atoms with Gasteiger partial charge in [-0.1, -0.05) is 22.0 Å². The first kappa shape index (κ1) is 22.0. The molecule has 0 aliphatic carbocycles. The van der Waals surface area contributed by atoms with E-state index < -0.39 is 0 Å². The van der Waals surface area contributed by atoms with Crippen LogP contribution in [0.1, 0.15) is 40.3 Å². The van der Waals surface area contributed by atoms with Crippen LogP contribution in [0.25, 0.3) is 0 Å². The Morgan fingerprint density at radius 1 is 1.16 bits per heavy atom. The van der Waals surface area contributed by atoms with Gasteiger partial charge >= 0.3 is 0 Å². The van der Waals surface area contributed by atoms with E-state index in [1.165, 1.54) is 22.5 Å². The number of methoxy groups -OCH3 is 1. The highest BCUT2D eigenvalue weighted by molar-refractivity contribution is 9.10. The summed E-state index contributed by atoms with van der Waals surface area (Å²) in [6, 6.07) is 14.6. The predicted octanol–water partition coefficient (Wildman–Crippen LogP) is 5.39. The molecule has 0 saturated carbocycles. The third-order valence-electron chi connectivity index (χ3n) is 5.97. The summed E-state index contributed by atoms with van der Waals surface area (Å²) in [6.07, 6.45) is 1.84.